The Bertz CT molecular complexity index is 610. The number of carbonyl (C=O) groups is 1. The van der Waals surface area contributed by atoms with Gasteiger partial charge in [0, 0.05) is 31.0 Å². The van der Waals surface area contributed by atoms with Crippen molar-refractivity contribution >= 4 is 5.91 Å². The van der Waals surface area contributed by atoms with Gasteiger partial charge in [0.1, 0.15) is 5.75 Å². The number of aromatic nitrogens is 2. The average Bonchev–Trinajstić information content (AvgIpc) is 2.56. The molecule has 1 saturated heterocycles. The van der Waals surface area contributed by atoms with Crippen molar-refractivity contribution in [3.63, 3.8) is 0 Å². The fourth-order valence-corrected chi connectivity index (χ4v) is 2.43. The molecule has 2 aromatic rings. The summed E-state index contributed by atoms with van der Waals surface area (Å²) in [7, 11) is 0. The van der Waals surface area contributed by atoms with Gasteiger partial charge < -0.3 is 9.64 Å². The van der Waals surface area contributed by atoms with Gasteiger partial charge in [-0.05, 0) is 37.5 Å². The number of piperidine rings is 1. The predicted molar refractivity (Wildman–Crippen MR) is 78.3 cm³/mol. The van der Waals surface area contributed by atoms with E-state index in [0.717, 1.165) is 25.9 Å². The molecule has 0 unspecified atom stereocenters. The molecular formula is C16H17N3O2. The smallest absolute Gasteiger partial charge is 0.253 e. The number of nitrogens with zero attached hydrogens (tertiary/aromatic N) is 3. The minimum atomic E-state index is 0.0688. The summed E-state index contributed by atoms with van der Waals surface area (Å²) < 4.78 is 5.61. The molecule has 1 fully saturated rings. The SMILES string of the molecule is O=C(c1cccc(Oc2cnccn2)c1)N1CCCCC1. The number of ether oxygens (including phenoxy) is 1. The third kappa shape index (κ3) is 3.37. The number of rotatable bonds is 3. The minimum Gasteiger partial charge on any atom is -0.437 e. The molecule has 108 valence electrons. The van der Waals surface area contributed by atoms with E-state index in [4.69, 9.17) is 4.74 Å². The first kappa shape index (κ1) is 13.5. The van der Waals surface area contributed by atoms with Crippen molar-refractivity contribution < 1.29 is 9.53 Å². The van der Waals surface area contributed by atoms with Crippen LogP contribution in [0.3, 0.4) is 0 Å². The Morgan fingerprint density at radius 1 is 1.14 bits per heavy atom. The Labute approximate surface area is 123 Å². The molecule has 1 aliphatic rings. The molecule has 0 radical (unpaired) electrons. The molecule has 1 amide bonds. The highest BCUT2D eigenvalue weighted by molar-refractivity contribution is 5.94. The van der Waals surface area contributed by atoms with Crippen LogP contribution in [-0.4, -0.2) is 33.9 Å². The van der Waals surface area contributed by atoms with Crippen molar-refractivity contribution in [2.24, 2.45) is 0 Å². The summed E-state index contributed by atoms with van der Waals surface area (Å²) in [5.41, 5.74) is 0.651. The van der Waals surface area contributed by atoms with E-state index < -0.39 is 0 Å². The largest absolute Gasteiger partial charge is 0.437 e. The lowest BCUT2D eigenvalue weighted by Gasteiger charge is -2.26. The van der Waals surface area contributed by atoms with E-state index in [1.807, 2.05) is 23.1 Å². The number of hydrogen-bond donors (Lipinski definition) is 0. The molecule has 1 aromatic heterocycles. The molecule has 0 spiro atoms. The van der Waals surface area contributed by atoms with Gasteiger partial charge in [0.05, 0.1) is 6.20 Å². The topological polar surface area (TPSA) is 55.3 Å². The number of amides is 1. The normalized spacial score (nSPS) is 14.8. The molecule has 5 heteroatoms. The maximum Gasteiger partial charge on any atom is 0.253 e. The summed E-state index contributed by atoms with van der Waals surface area (Å²) in [6.45, 7) is 1.68. The molecule has 2 heterocycles. The van der Waals surface area contributed by atoms with Gasteiger partial charge in [-0.3, -0.25) is 9.78 Å². The second-order valence-corrected chi connectivity index (χ2v) is 5.03. The lowest BCUT2D eigenvalue weighted by Crippen LogP contribution is -2.35. The molecule has 0 N–H and O–H groups in total. The van der Waals surface area contributed by atoms with Gasteiger partial charge in [0.25, 0.3) is 5.91 Å². The summed E-state index contributed by atoms with van der Waals surface area (Å²) in [6.07, 6.45) is 8.07. The van der Waals surface area contributed by atoms with E-state index in [1.165, 1.54) is 6.42 Å². The number of likely N-dealkylation sites (tertiary alicyclic amines) is 1. The van der Waals surface area contributed by atoms with Crippen LogP contribution in [0, 0.1) is 0 Å². The third-order valence-corrected chi connectivity index (χ3v) is 3.49. The first-order valence-corrected chi connectivity index (χ1v) is 7.16. The highest BCUT2D eigenvalue weighted by Gasteiger charge is 2.18. The van der Waals surface area contributed by atoms with Gasteiger partial charge in [-0.1, -0.05) is 6.07 Å². The van der Waals surface area contributed by atoms with Crippen LogP contribution in [-0.2, 0) is 0 Å². The third-order valence-electron chi connectivity index (χ3n) is 3.49. The highest BCUT2D eigenvalue weighted by atomic mass is 16.5. The van der Waals surface area contributed by atoms with Crippen molar-refractivity contribution in [3.8, 4) is 11.6 Å². The lowest BCUT2D eigenvalue weighted by molar-refractivity contribution is 0.0724. The van der Waals surface area contributed by atoms with E-state index in [-0.39, 0.29) is 5.91 Å². The van der Waals surface area contributed by atoms with Crippen LogP contribution < -0.4 is 4.74 Å². The zero-order valence-electron chi connectivity index (χ0n) is 11.7. The molecule has 21 heavy (non-hydrogen) atoms. The molecule has 0 bridgehead atoms. The minimum absolute atomic E-state index is 0.0688. The summed E-state index contributed by atoms with van der Waals surface area (Å²) in [5, 5.41) is 0. The summed E-state index contributed by atoms with van der Waals surface area (Å²) in [4.78, 5) is 22.4. The maximum absolute atomic E-state index is 12.4. The number of carbonyl (C=O) groups excluding carboxylic acids is 1. The predicted octanol–water partition coefficient (Wildman–Crippen LogP) is 2.90. The fraction of sp³-hybridized carbons (Fsp3) is 0.312. The van der Waals surface area contributed by atoms with Gasteiger partial charge >= 0.3 is 0 Å². The van der Waals surface area contributed by atoms with Crippen LogP contribution in [0.15, 0.2) is 42.9 Å². The molecule has 0 saturated carbocycles. The first-order valence-electron chi connectivity index (χ1n) is 7.16. The van der Waals surface area contributed by atoms with E-state index in [0.29, 0.717) is 17.2 Å². The van der Waals surface area contributed by atoms with E-state index in [9.17, 15) is 4.79 Å². The van der Waals surface area contributed by atoms with Crippen molar-refractivity contribution in [1.29, 1.82) is 0 Å². The fourth-order valence-electron chi connectivity index (χ4n) is 2.43. The number of benzene rings is 1. The monoisotopic (exact) mass is 283 g/mol. The summed E-state index contributed by atoms with van der Waals surface area (Å²) in [6, 6.07) is 7.20. The van der Waals surface area contributed by atoms with Crippen LogP contribution in [0.25, 0.3) is 0 Å². The Morgan fingerprint density at radius 3 is 2.76 bits per heavy atom. The summed E-state index contributed by atoms with van der Waals surface area (Å²) >= 11 is 0. The molecule has 1 aromatic carbocycles. The summed E-state index contributed by atoms with van der Waals surface area (Å²) in [5.74, 6) is 1.08. The average molecular weight is 283 g/mol. The van der Waals surface area contributed by atoms with Crippen molar-refractivity contribution in [2.75, 3.05) is 13.1 Å². The zero-order valence-corrected chi connectivity index (χ0v) is 11.7. The van der Waals surface area contributed by atoms with Gasteiger partial charge in [0.15, 0.2) is 0 Å². The van der Waals surface area contributed by atoms with Gasteiger partial charge in [-0.15, -0.1) is 0 Å². The molecular weight excluding hydrogens is 266 g/mol. The van der Waals surface area contributed by atoms with Crippen LogP contribution in [0.2, 0.25) is 0 Å². The van der Waals surface area contributed by atoms with E-state index in [1.54, 1.807) is 24.7 Å². The highest BCUT2D eigenvalue weighted by Crippen LogP contribution is 2.21. The molecule has 0 aliphatic carbocycles. The lowest BCUT2D eigenvalue weighted by atomic mass is 10.1. The Kier molecular flexibility index (Phi) is 4.09. The Balaban J connectivity index is 1.75. The van der Waals surface area contributed by atoms with Crippen LogP contribution in [0.4, 0.5) is 0 Å². The van der Waals surface area contributed by atoms with E-state index >= 15 is 0 Å². The van der Waals surface area contributed by atoms with Crippen LogP contribution >= 0.6 is 0 Å². The molecule has 1 aliphatic heterocycles. The van der Waals surface area contributed by atoms with Gasteiger partial charge in [0.2, 0.25) is 5.88 Å². The Hall–Kier alpha value is -2.43. The van der Waals surface area contributed by atoms with Crippen LogP contribution in [0.1, 0.15) is 29.6 Å². The first-order chi connectivity index (χ1) is 10.3. The van der Waals surface area contributed by atoms with Crippen molar-refractivity contribution in [1.82, 2.24) is 14.9 Å². The van der Waals surface area contributed by atoms with E-state index in [2.05, 4.69) is 9.97 Å². The number of hydrogen-bond acceptors (Lipinski definition) is 4. The molecule has 0 atom stereocenters. The zero-order chi connectivity index (χ0) is 14.5. The molecule has 3 rings (SSSR count). The maximum atomic E-state index is 12.4. The van der Waals surface area contributed by atoms with Gasteiger partial charge in [-0.2, -0.15) is 0 Å². The Morgan fingerprint density at radius 2 is 2.00 bits per heavy atom. The molecule has 5 nitrogen and oxygen atoms in total. The standard InChI is InChI=1S/C16H17N3O2/c20-16(19-9-2-1-3-10-19)13-5-4-6-14(11-13)21-15-12-17-7-8-18-15/h4-8,11-12H,1-3,9-10H2. The quantitative estimate of drug-likeness (QED) is 0.869. The second kappa shape index (κ2) is 6.35. The van der Waals surface area contributed by atoms with Crippen molar-refractivity contribution in [3.05, 3.63) is 48.4 Å². The van der Waals surface area contributed by atoms with Crippen molar-refractivity contribution in [2.45, 2.75) is 19.3 Å². The van der Waals surface area contributed by atoms with Gasteiger partial charge in [-0.25, -0.2) is 4.98 Å². The second-order valence-electron chi connectivity index (χ2n) is 5.03. The van der Waals surface area contributed by atoms with Crippen LogP contribution in [0.5, 0.6) is 11.6 Å².